The van der Waals surface area contributed by atoms with E-state index in [-0.39, 0.29) is 5.91 Å². The van der Waals surface area contributed by atoms with Crippen molar-refractivity contribution in [1.82, 2.24) is 15.3 Å². The van der Waals surface area contributed by atoms with Gasteiger partial charge in [-0.1, -0.05) is 13.8 Å². The molecule has 4 heteroatoms. The average molecular weight is 183 g/mol. The van der Waals surface area contributed by atoms with Crippen LogP contribution in [0.1, 0.15) is 26.6 Å². The van der Waals surface area contributed by atoms with Gasteiger partial charge in [-0.3, -0.25) is 4.79 Å². The van der Waals surface area contributed by atoms with Crippen LogP contribution in [-0.2, 0) is 11.2 Å². The largest absolute Gasteiger partial charge is 0.356 e. The van der Waals surface area contributed by atoms with E-state index in [2.05, 4.69) is 15.3 Å². The van der Waals surface area contributed by atoms with Gasteiger partial charge >= 0.3 is 0 Å². The number of nitrogens with zero attached hydrogens (tertiary/aromatic N) is 1. The summed E-state index contributed by atoms with van der Waals surface area (Å²) in [6.07, 6.45) is 4.22. The van der Waals surface area contributed by atoms with Gasteiger partial charge in [-0.05, 0) is 0 Å². The minimum Gasteiger partial charge on any atom is -0.356 e. The molecule has 1 aromatic heterocycles. The van der Waals surface area contributed by atoms with Crippen molar-refractivity contribution in [3.8, 4) is 0 Å². The Bertz CT molecular complexity index is 219. The highest BCUT2D eigenvalue weighted by molar-refractivity contribution is 5.72. The van der Waals surface area contributed by atoms with Crippen molar-refractivity contribution in [2.75, 3.05) is 6.54 Å². The van der Waals surface area contributed by atoms with Crippen LogP contribution in [-0.4, -0.2) is 22.4 Å². The molecule has 0 radical (unpaired) electrons. The van der Waals surface area contributed by atoms with Gasteiger partial charge in [0.1, 0.15) is 5.82 Å². The van der Waals surface area contributed by atoms with Crippen LogP contribution >= 0.6 is 0 Å². The second-order valence-electron chi connectivity index (χ2n) is 2.27. The number of imidazole rings is 1. The molecule has 1 amide bonds. The summed E-state index contributed by atoms with van der Waals surface area (Å²) >= 11 is 0. The Balaban J connectivity index is 0.000000671. The molecule has 0 aromatic carbocycles. The number of hydrogen-bond donors (Lipinski definition) is 2. The van der Waals surface area contributed by atoms with Crippen LogP contribution in [0.5, 0.6) is 0 Å². The number of amides is 1. The van der Waals surface area contributed by atoms with Crippen molar-refractivity contribution in [3.05, 3.63) is 18.2 Å². The van der Waals surface area contributed by atoms with E-state index >= 15 is 0 Å². The molecule has 0 aliphatic carbocycles. The van der Waals surface area contributed by atoms with Crippen molar-refractivity contribution in [2.24, 2.45) is 0 Å². The molecule has 2 N–H and O–H groups in total. The molecule has 0 saturated carbocycles. The summed E-state index contributed by atoms with van der Waals surface area (Å²) < 4.78 is 0. The summed E-state index contributed by atoms with van der Waals surface area (Å²) in [4.78, 5) is 17.4. The molecule has 1 heterocycles. The number of hydrogen-bond acceptors (Lipinski definition) is 2. The molecule has 0 bridgehead atoms. The third kappa shape index (κ3) is 5.90. The smallest absolute Gasteiger partial charge is 0.216 e. The van der Waals surface area contributed by atoms with Gasteiger partial charge in [0, 0.05) is 32.3 Å². The second kappa shape index (κ2) is 7.34. The fraction of sp³-hybridized carbons (Fsp3) is 0.556. The van der Waals surface area contributed by atoms with E-state index in [4.69, 9.17) is 0 Å². The third-order valence-electron chi connectivity index (χ3n) is 1.29. The highest BCUT2D eigenvalue weighted by atomic mass is 16.1. The molecule has 0 spiro atoms. The fourth-order valence-electron chi connectivity index (χ4n) is 0.792. The lowest BCUT2D eigenvalue weighted by Gasteiger charge is -1.97. The van der Waals surface area contributed by atoms with E-state index < -0.39 is 0 Å². The average Bonchev–Trinajstić information content (AvgIpc) is 2.60. The standard InChI is InChI=1S/C7H11N3O.C2H6/c1-6(11)8-3-2-7-9-4-5-10-7;1-2/h4-5H,2-3H2,1H3,(H,8,11)(H,9,10);1-2H3. The molecule has 74 valence electrons. The quantitative estimate of drug-likeness (QED) is 0.737. The second-order valence-corrected chi connectivity index (χ2v) is 2.27. The van der Waals surface area contributed by atoms with Crippen molar-refractivity contribution >= 4 is 5.91 Å². The Hall–Kier alpha value is -1.32. The van der Waals surface area contributed by atoms with E-state index in [9.17, 15) is 4.79 Å². The van der Waals surface area contributed by atoms with Crippen LogP contribution < -0.4 is 5.32 Å². The number of rotatable bonds is 3. The van der Waals surface area contributed by atoms with Crippen LogP contribution in [0.4, 0.5) is 0 Å². The lowest BCUT2D eigenvalue weighted by atomic mass is 10.4. The third-order valence-corrected chi connectivity index (χ3v) is 1.29. The highest BCUT2D eigenvalue weighted by Gasteiger charge is 1.94. The first-order valence-corrected chi connectivity index (χ1v) is 4.52. The number of carbonyl (C=O) groups is 1. The van der Waals surface area contributed by atoms with Gasteiger partial charge < -0.3 is 10.3 Å². The highest BCUT2D eigenvalue weighted by Crippen LogP contribution is 1.87. The van der Waals surface area contributed by atoms with E-state index in [0.717, 1.165) is 12.2 Å². The number of aromatic nitrogens is 2. The first-order valence-electron chi connectivity index (χ1n) is 4.52. The predicted molar refractivity (Wildman–Crippen MR) is 52.3 cm³/mol. The van der Waals surface area contributed by atoms with E-state index in [1.54, 1.807) is 12.4 Å². The lowest BCUT2D eigenvalue weighted by molar-refractivity contribution is -0.118. The monoisotopic (exact) mass is 183 g/mol. The van der Waals surface area contributed by atoms with Crippen LogP contribution in [0, 0.1) is 0 Å². The zero-order valence-corrected chi connectivity index (χ0v) is 8.42. The summed E-state index contributed by atoms with van der Waals surface area (Å²) in [5.74, 6) is 0.898. The van der Waals surface area contributed by atoms with Gasteiger partial charge in [-0.15, -0.1) is 0 Å². The molecule has 0 aliphatic heterocycles. The van der Waals surface area contributed by atoms with Crippen LogP contribution in [0.3, 0.4) is 0 Å². The van der Waals surface area contributed by atoms with Crippen LogP contribution in [0.25, 0.3) is 0 Å². The van der Waals surface area contributed by atoms with Gasteiger partial charge in [-0.25, -0.2) is 4.98 Å². The Kier molecular flexibility index (Phi) is 6.59. The molecule has 0 saturated heterocycles. The SMILES string of the molecule is CC.CC(=O)NCCc1ncc[nH]1. The molecule has 1 aromatic rings. The van der Waals surface area contributed by atoms with Crippen LogP contribution in [0.15, 0.2) is 12.4 Å². The van der Waals surface area contributed by atoms with Crippen molar-refractivity contribution in [2.45, 2.75) is 27.2 Å². The van der Waals surface area contributed by atoms with Gasteiger partial charge in [0.25, 0.3) is 0 Å². The lowest BCUT2D eigenvalue weighted by Crippen LogP contribution is -2.22. The zero-order valence-electron chi connectivity index (χ0n) is 8.42. The minimum absolute atomic E-state index is 0.00319. The van der Waals surface area contributed by atoms with Crippen molar-refractivity contribution < 1.29 is 4.79 Å². The Morgan fingerprint density at radius 3 is 2.77 bits per heavy atom. The zero-order chi connectivity index (χ0) is 10.1. The van der Waals surface area contributed by atoms with Gasteiger partial charge in [0.2, 0.25) is 5.91 Å². The molecule has 4 nitrogen and oxygen atoms in total. The van der Waals surface area contributed by atoms with Crippen molar-refractivity contribution in [1.29, 1.82) is 0 Å². The molecular weight excluding hydrogens is 166 g/mol. The number of H-pyrrole nitrogens is 1. The summed E-state index contributed by atoms with van der Waals surface area (Å²) in [5.41, 5.74) is 0. The summed E-state index contributed by atoms with van der Waals surface area (Å²) in [6, 6.07) is 0. The summed E-state index contributed by atoms with van der Waals surface area (Å²) in [7, 11) is 0. The van der Waals surface area contributed by atoms with E-state index in [0.29, 0.717) is 6.54 Å². The Labute approximate surface area is 78.8 Å². The van der Waals surface area contributed by atoms with Gasteiger partial charge in [-0.2, -0.15) is 0 Å². The maximum absolute atomic E-state index is 10.4. The molecule has 0 atom stereocenters. The van der Waals surface area contributed by atoms with Crippen molar-refractivity contribution in [3.63, 3.8) is 0 Å². The fourth-order valence-corrected chi connectivity index (χ4v) is 0.792. The number of aromatic amines is 1. The molecule has 0 aliphatic rings. The maximum Gasteiger partial charge on any atom is 0.216 e. The first kappa shape index (κ1) is 11.7. The van der Waals surface area contributed by atoms with E-state index in [1.165, 1.54) is 6.92 Å². The normalized spacial score (nSPS) is 8.54. The summed E-state index contributed by atoms with van der Waals surface area (Å²) in [5, 5.41) is 2.68. The Morgan fingerprint density at radius 2 is 2.31 bits per heavy atom. The molecule has 0 fully saturated rings. The molecule has 1 rings (SSSR count). The molecule has 13 heavy (non-hydrogen) atoms. The minimum atomic E-state index is -0.00319. The van der Waals surface area contributed by atoms with E-state index in [1.807, 2.05) is 13.8 Å². The maximum atomic E-state index is 10.4. The predicted octanol–water partition coefficient (Wildman–Crippen LogP) is 1.11. The number of carbonyl (C=O) groups excluding carboxylic acids is 1. The first-order chi connectivity index (χ1) is 6.29. The Morgan fingerprint density at radius 1 is 1.62 bits per heavy atom. The molecule has 0 unspecified atom stereocenters. The summed E-state index contributed by atoms with van der Waals surface area (Å²) in [6.45, 7) is 6.14. The topological polar surface area (TPSA) is 57.8 Å². The number of nitrogens with one attached hydrogen (secondary N) is 2. The van der Waals surface area contributed by atoms with Gasteiger partial charge in [0.15, 0.2) is 0 Å². The molecular formula is C9H17N3O. The van der Waals surface area contributed by atoms with Crippen LogP contribution in [0.2, 0.25) is 0 Å². The van der Waals surface area contributed by atoms with Gasteiger partial charge in [0.05, 0.1) is 0 Å².